The second-order valence-corrected chi connectivity index (χ2v) is 5.07. The van der Waals surface area contributed by atoms with Crippen molar-refractivity contribution < 1.29 is 14.6 Å². The Morgan fingerprint density at radius 3 is 2.95 bits per heavy atom. The lowest BCUT2D eigenvalue weighted by molar-refractivity contribution is 0.0697. The van der Waals surface area contributed by atoms with Crippen molar-refractivity contribution >= 4 is 17.3 Å². The lowest BCUT2D eigenvalue weighted by Gasteiger charge is -2.03. The molecule has 0 aliphatic rings. The summed E-state index contributed by atoms with van der Waals surface area (Å²) in [5.74, 6) is -0.356. The molecule has 6 nitrogen and oxygen atoms in total. The van der Waals surface area contributed by atoms with E-state index in [9.17, 15) is 9.90 Å². The van der Waals surface area contributed by atoms with Gasteiger partial charge in [-0.3, -0.25) is 0 Å². The number of nitrogens with zero attached hydrogens (tertiary/aromatic N) is 3. The Bertz CT molecular complexity index is 781. The summed E-state index contributed by atoms with van der Waals surface area (Å²) in [6.07, 6.45) is 3.10. The van der Waals surface area contributed by atoms with Crippen molar-refractivity contribution in [1.82, 2.24) is 14.8 Å². The number of rotatable bonds is 4. The molecule has 0 aliphatic carbocycles. The Labute approximate surface area is 124 Å². The number of carboxylic acids is 1. The second kappa shape index (κ2) is 5.37. The molecule has 21 heavy (non-hydrogen) atoms. The molecule has 1 aromatic carbocycles. The summed E-state index contributed by atoms with van der Waals surface area (Å²) < 4.78 is 6.68. The first-order valence-corrected chi connectivity index (χ1v) is 6.94. The zero-order valence-electron chi connectivity index (χ0n) is 11.1. The average molecular weight is 301 g/mol. The van der Waals surface area contributed by atoms with Crippen LogP contribution in [0.3, 0.4) is 0 Å². The summed E-state index contributed by atoms with van der Waals surface area (Å²) in [5, 5.41) is 16.0. The molecule has 0 spiro atoms. The van der Waals surface area contributed by atoms with Gasteiger partial charge in [-0.1, -0.05) is 6.07 Å². The van der Waals surface area contributed by atoms with Gasteiger partial charge in [0.25, 0.3) is 0 Å². The minimum Gasteiger partial charge on any atom is -0.497 e. The van der Waals surface area contributed by atoms with E-state index >= 15 is 0 Å². The normalized spacial score (nSPS) is 10.5. The van der Waals surface area contributed by atoms with Crippen molar-refractivity contribution in [1.29, 1.82) is 0 Å². The maximum Gasteiger partial charge on any atom is 0.339 e. The van der Waals surface area contributed by atoms with Crippen LogP contribution in [0.5, 0.6) is 5.75 Å². The van der Waals surface area contributed by atoms with Crippen molar-refractivity contribution in [3.05, 3.63) is 47.6 Å². The third kappa shape index (κ3) is 2.50. The third-order valence-electron chi connectivity index (χ3n) is 2.90. The van der Waals surface area contributed by atoms with E-state index in [-0.39, 0.29) is 5.56 Å². The van der Waals surface area contributed by atoms with E-state index in [1.165, 1.54) is 22.2 Å². The topological polar surface area (TPSA) is 77.2 Å². The van der Waals surface area contributed by atoms with Gasteiger partial charge in [-0.25, -0.2) is 14.5 Å². The Kier molecular flexibility index (Phi) is 3.41. The fraction of sp³-hybridized carbons (Fsp3) is 0.0714. The summed E-state index contributed by atoms with van der Waals surface area (Å²) in [7, 11) is 1.58. The number of hydrogen-bond acceptors (Lipinski definition) is 5. The summed E-state index contributed by atoms with van der Waals surface area (Å²) in [6.45, 7) is 0. The molecule has 0 amide bonds. The zero-order chi connectivity index (χ0) is 14.8. The van der Waals surface area contributed by atoms with Gasteiger partial charge in [0.2, 0.25) is 0 Å². The van der Waals surface area contributed by atoms with Crippen molar-refractivity contribution in [3.63, 3.8) is 0 Å². The first kappa shape index (κ1) is 13.3. The van der Waals surface area contributed by atoms with Crippen LogP contribution < -0.4 is 4.74 Å². The number of aromatic carboxylic acids is 1. The maximum atomic E-state index is 11.4. The van der Waals surface area contributed by atoms with E-state index in [2.05, 4.69) is 10.1 Å². The fourth-order valence-electron chi connectivity index (χ4n) is 1.91. The molecule has 0 aliphatic heterocycles. The Morgan fingerprint density at radius 2 is 2.29 bits per heavy atom. The molecular weight excluding hydrogens is 290 g/mol. The molecule has 2 aromatic heterocycles. The molecule has 0 radical (unpaired) electrons. The van der Waals surface area contributed by atoms with Crippen molar-refractivity contribution in [2.75, 3.05) is 7.11 Å². The average Bonchev–Trinajstić information content (AvgIpc) is 3.16. The van der Waals surface area contributed by atoms with Crippen LogP contribution in [-0.4, -0.2) is 33.0 Å². The number of ether oxygens (including phenoxy) is 1. The molecule has 0 saturated heterocycles. The van der Waals surface area contributed by atoms with Crippen LogP contribution in [0.25, 0.3) is 16.4 Å². The highest BCUT2D eigenvalue weighted by molar-refractivity contribution is 7.13. The van der Waals surface area contributed by atoms with Crippen LogP contribution in [0.2, 0.25) is 0 Å². The lowest BCUT2D eigenvalue weighted by atomic mass is 10.2. The van der Waals surface area contributed by atoms with E-state index in [0.717, 1.165) is 5.69 Å². The molecule has 1 N–H and O–H groups in total. The number of methoxy groups -OCH3 is 1. The molecule has 3 aromatic rings. The van der Waals surface area contributed by atoms with Crippen LogP contribution in [0.4, 0.5) is 0 Å². The number of thiazole rings is 1. The van der Waals surface area contributed by atoms with Gasteiger partial charge in [-0.15, -0.1) is 11.3 Å². The van der Waals surface area contributed by atoms with E-state index in [1.54, 1.807) is 24.8 Å². The van der Waals surface area contributed by atoms with Crippen LogP contribution >= 0.6 is 11.3 Å². The molecule has 3 rings (SSSR count). The predicted octanol–water partition coefficient (Wildman–Crippen LogP) is 2.70. The number of carbonyl (C=O) groups is 1. The highest BCUT2D eigenvalue weighted by Crippen LogP contribution is 2.26. The molecule has 0 bridgehead atoms. The summed E-state index contributed by atoms with van der Waals surface area (Å²) in [5.41, 5.74) is 1.20. The number of benzene rings is 1. The molecular formula is C14H11N3O3S. The van der Waals surface area contributed by atoms with Crippen LogP contribution in [0.15, 0.2) is 42.0 Å². The van der Waals surface area contributed by atoms with Crippen molar-refractivity contribution in [2.45, 2.75) is 0 Å². The molecule has 0 unspecified atom stereocenters. The molecule has 0 saturated carbocycles. The second-order valence-electron chi connectivity index (χ2n) is 4.18. The minimum absolute atomic E-state index is 0.118. The van der Waals surface area contributed by atoms with Gasteiger partial charge in [0.15, 0.2) is 0 Å². The fourth-order valence-corrected chi connectivity index (χ4v) is 2.55. The van der Waals surface area contributed by atoms with Gasteiger partial charge >= 0.3 is 5.97 Å². The van der Waals surface area contributed by atoms with Gasteiger partial charge < -0.3 is 9.84 Å². The number of carboxylic acid groups (broad SMARTS) is 1. The van der Waals surface area contributed by atoms with E-state index in [0.29, 0.717) is 16.5 Å². The molecule has 106 valence electrons. The SMILES string of the molecule is COc1cccc(-n2cc(C(=O)O)c(-c3nccs3)n2)c1. The molecule has 2 heterocycles. The standard InChI is InChI=1S/C14H11N3O3S/c1-20-10-4-2-3-9(7-10)17-8-11(14(18)19)12(16-17)13-15-5-6-21-13/h2-8H,1H3,(H,18,19). The van der Waals surface area contributed by atoms with Gasteiger partial charge in [0.05, 0.1) is 12.8 Å². The Hall–Kier alpha value is -2.67. The Morgan fingerprint density at radius 1 is 1.43 bits per heavy atom. The summed E-state index contributed by atoms with van der Waals surface area (Å²) >= 11 is 1.35. The molecule has 7 heteroatoms. The molecule has 0 atom stereocenters. The quantitative estimate of drug-likeness (QED) is 0.801. The highest BCUT2D eigenvalue weighted by Gasteiger charge is 2.19. The first-order valence-electron chi connectivity index (χ1n) is 6.06. The Balaban J connectivity index is 2.12. The molecule has 0 fully saturated rings. The van der Waals surface area contributed by atoms with Gasteiger partial charge in [-0.2, -0.15) is 5.10 Å². The number of aromatic nitrogens is 3. The first-order chi connectivity index (χ1) is 10.2. The third-order valence-corrected chi connectivity index (χ3v) is 3.68. The van der Waals surface area contributed by atoms with Gasteiger partial charge in [-0.05, 0) is 12.1 Å². The number of hydrogen-bond donors (Lipinski definition) is 1. The lowest BCUT2D eigenvalue weighted by Crippen LogP contribution is -1.96. The maximum absolute atomic E-state index is 11.4. The highest BCUT2D eigenvalue weighted by atomic mass is 32.1. The minimum atomic E-state index is -1.03. The largest absolute Gasteiger partial charge is 0.497 e. The van der Waals surface area contributed by atoms with Crippen LogP contribution in [0, 0.1) is 0 Å². The van der Waals surface area contributed by atoms with E-state index < -0.39 is 5.97 Å². The zero-order valence-corrected chi connectivity index (χ0v) is 11.9. The van der Waals surface area contributed by atoms with Crippen molar-refractivity contribution in [2.24, 2.45) is 0 Å². The van der Waals surface area contributed by atoms with E-state index in [4.69, 9.17) is 4.74 Å². The monoisotopic (exact) mass is 301 g/mol. The van der Waals surface area contributed by atoms with Crippen LogP contribution in [0.1, 0.15) is 10.4 Å². The smallest absolute Gasteiger partial charge is 0.339 e. The van der Waals surface area contributed by atoms with Gasteiger partial charge in [0, 0.05) is 23.8 Å². The van der Waals surface area contributed by atoms with Crippen LogP contribution in [-0.2, 0) is 0 Å². The summed E-state index contributed by atoms with van der Waals surface area (Å²) in [4.78, 5) is 15.5. The van der Waals surface area contributed by atoms with Gasteiger partial charge in [0.1, 0.15) is 22.0 Å². The summed E-state index contributed by atoms with van der Waals surface area (Å²) in [6, 6.07) is 7.24. The van der Waals surface area contributed by atoms with E-state index in [1.807, 2.05) is 18.2 Å². The predicted molar refractivity (Wildman–Crippen MR) is 78.2 cm³/mol. The van der Waals surface area contributed by atoms with Crippen molar-refractivity contribution in [3.8, 4) is 22.1 Å².